The maximum Gasteiger partial charge on any atom is 0.407 e. The van der Waals surface area contributed by atoms with Crippen molar-refractivity contribution < 1.29 is 19.7 Å². The zero-order valence-corrected chi connectivity index (χ0v) is 8.86. The van der Waals surface area contributed by atoms with Gasteiger partial charge in [-0.1, -0.05) is 13.3 Å². The van der Waals surface area contributed by atoms with Gasteiger partial charge in [0.25, 0.3) is 0 Å². The Kier molecular flexibility index (Phi) is 6.23. The summed E-state index contributed by atoms with van der Waals surface area (Å²) in [5, 5.41) is 21.1. The van der Waals surface area contributed by atoms with Gasteiger partial charge in [-0.25, -0.2) is 4.79 Å². The molecule has 1 amide bonds. The summed E-state index contributed by atoms with van der Waals surface area (Å²) in [4.78, 5) is 10.9. The van der Waals surface area contributed by atoms with Crippen LogP contribution in [0.1, 0.15) is 26.7 Å². The smallest absolute Gasteiger partial charge is 0.407 e. The Balaban J connectivity index is 4.21. The summed E-state index contributed by atoms with van der Waals surface area (Å²) in [6.07, 6.45) is -1.96. The molecule has 84 valence electrons. The molecule has 0 aliphatic rings. The van der Waals surface area contributed by atoms with Gasteiger partial charge in [-0.2, -0.15) is 0 Å². The van der Waals surface area contributed by atoms with Crippen molar-refractivity contribution in [1.82, 2.24) is 5.32 Å². The van der Waals surface area contributed by atoms with Gasteiger partial charge in [-0.05, 0) is 13.3 Å². The highest BCUT2D eigenvalue weighted by Crippen LogP contribution is 2.10. The topological polar surface area (TPSA) is 78.8 Å². The molecule has 0 radical (unpaired) electrons. The number of carbonyl (C=O) groups excluding carboxylic acids is 1. The van der Waals surface area contributed by atoms with Crippen LogP contribution in [0.3, 0.4) is 0 Å². The van der Waals surface area contributed by atoms with Crippen LogP contribution in [0.4, 0.5) is 4.79 Å². The molecule has 3 unspecified atom stereocenters. The molecule has 0 fully saturated rings. The van der Waals surface area contributed by atoms with Crippen molar-refractivity contribution in [2.24, 2.45) is 0 Å². The lowest BCUT2D eigenvalue weighted by Gasteiger charge is -2.24. The van der Waals surface area contributed by atoms with Gasteiger partial charge in [0.15, 0.2) is 6.10 Å². The molecule has 0 spiro atoms. The van der Waals surface area contributed by atoms with E-state index in [-0.39, 0.29) is 0 Å². The minimum atomic E-state index is -0.881. The van der Waals surface area contributed by atoms with Crippen molar-refractivity contribution in [3.8, 4) is 0 Å². The highest BCUT2D eigenvalue weighted by Gasteiger charge is 2.26. The van der Waals surface area contributed by atoms with Gasteiger partial charge in [0, 0.05) is 7.05 Å². The Morgan fingerprint density at radius 1 is 1.50 bits per heavy atom. The first-order chi connectivity index (χ1) is 6.52. The number of aliphatic hydroxyl groups is 2. The van der Waals surface area contributed by atoms with E-state index in [0.717, 1.165) is 6.42 Å². The minimum Gasteiger partial charge on any atom is -0.441 e. The lowest BCUT2D eigenvalue weighted by molar-refractivity contribution is -0.0615. The third kappa shape index (κ3) is 4.43. The fourth-order valence-corrected chi connectivity index (χ4v) is 1.14. The monoisotopic (exact) mass is 205 g/mol. The quantitative estimate of drug-likeness (QED) is 0.601. The maximum absolute atomic E-state index is 10.9. The predicted octanol–water partition coefficient (Wildman–Crippen LogP) is 0.253. The summed E-state index contributed by atoms with van der Waals surface area (Å²) < 4.78 is 4.83. The summed E-state index contributed by atoms with van der Waals surface area (Å²) in [5.74, 6) is 0. The van der Waals surface area contributed by atoms with E-state index < -0.39 is 24.4 Å². The molecule has 3 atom stereocenters. The van der Waals surface area contributed by atoms with E-state index >= 15 is 0 Å². The van der Waals surface area contributed by atoms with Crippen molar-refractivity contribution in [3.63, 3.8) is 0 Å². The average Bonchev–Trinajstić information content (AvgIpc) is 2.13. The molecule has 14 heavy (non-hydrogen) atoms. The lowest BCUT2D eigenvalue weighted by atomic mass is 10.1. The Bertz CT molecular complexity index is 172. The van der Waals surface area contributed by atoms with Crippen molar-refractivity contribution in [2.75, 3.05) is 7.05 Å². The zero-order chi connectivity index (χ0) is 11.1. The molecular weight excluding hydrogens is 186 g/mol. The second kappa shape index (κ2) is 6.62. The van der Waals surface area contributed by atoms with Crippen molar-refractivity contribution >= 4 is 6.09 Å². The molecule has 0 saturated carbocycles. The van der Waals surface area contributed by atoms with Crippen LogP contribution in [0.5, 0.6) is 0 Å². The number of ether oxygens (including phenoxy) is 1. The SMILES string of the molecule is CCCC(O)C(OC(=O)NC)C(C)O. The number of carbonyl (C=O) groups is 1. The lowest BCUT2D eigenvalue weighted by Crippen LogP contribution is -2.41. The molecule has 0 rings (SSSR count). The second-order valence-electron chi connectivity index (χ2n) is 3.22. The fourth-order valence-electron chi connectivity index (χ4n) is 1.14. The molecule has 0 bridgehead atoms. The van der Waals surface area contributed by atoms with Crippen molar-refractivity contribution in [2.45, 2.75) is 45.0 Å². The van der Waals surface area contributed by atoms with Gasteiger partial charge in [0.2, 0.25) is 0 Å². The maximum atomic E-state index is 10.9. The first kappa shape index (κ1) is 13.2. The molecule has 0 aromatic heterocycles. The second-order valence-corrected chi connectivity index (χ2v) is 3.22. The number of hydrogen-bond acceptors (Lipinski definition) is 4. The van der Waals surface area contributed by atoms with Crippen LogP contribution in [0.25, 0.3) is 0 Å². The van der Waals surface area contributed by atoms with Crippen LogP contribution in [0.2, 0.25) is 0 Å². The third-order valence-corrected chi connectivity index (χ3v) is 1.89. The van der Waals surface area contributed by atoms with E-state index in [1.54, 1.807) is 0 Å². The minimum absolute atomic E-state index is 0.493. The van der Waals surface area contributed by atoms with E-state index in [2.05, 4.69) is 5.32 Å². The molecule has 0 aliphatic heterocycles. The molecule has 0 aromatic rings. The number of aliphatic hydroxyl groups excluding tert-OH is 2. The summed E-state index contributed by atoms with van der Waals surface area (Å²) >= 11 is 0. The summed E-state index contributed by atoms with van der Waals surface area (Å²) in [7, 11) is 1.42. The van der Waals surface area contributed by atoms with Crippen LogP contribution in [0.15, 0.2) is 0 Å². The molecule has 5 heteroatoms. The number of nitrogens with one attached hydrogen (secondary N) is 1. The summed E-state index contributed by atoms with van der Waals surface area (Å²) in [5.41, 5.74) is 0. The third-order valence-electron chi connectivity index (χ3n) is 1.89. The van der Waals surface area contributed by atoms with Gasteiger partial charge in [-0.3, -0.25) is 0 Å². The molecule has 0 aromatic carbocycles. The van der Waals surface area contributed by atoms with Gasteiger partial charge in [0.05, 0.1) is 12.2 Å². The summed E-state index contributed by atoms with van der Waals surface area (Å²) in [6.45, 7) is 3.38. The van der Waals surface area contributed by atoms with Crippen molar-refractivity contribution in [3.05, 3.63) is 0 Å². The zero-order valence-electron chi connectivity index (χ0n) is 8.86. The highest BCUT2D eigenvalue weighted by atomic mass is 16.6. The van der Waals surface area contributed by atoms with Gasteiger partial charge >= 0.3 is 6.09 Å². The van der Waals surface area contributed by atoms with E-state index in [9.17, 15) is 15.0 Å². The molecule has 0 saturated heterocycles. The van der Waals surface area contributed by atoms with Crippen LogP contribution >= 0.6 is 0 Å². The Hall–Kier alpha value is -0.810. The van der Waals surface area contributed by atoms with Crippen molar-refractivity contribution in [1.29, 1.82) is 0 Å². The van der Waals surface area contributed by atoms with Crippen LogP contribution in [-0.4, -0.2) is 41.7 Å². The standard InChI is InChI=1S/C9H19NO4/c1-4-5-7(12)8(6(2)11)14-9(13)10-3/h6-8,11-12H,4-5H2,1-3H3,(H,10,13). The van der Waals surface area contributed by atoms with Crippen LogP contribution in [0, 0.1) is 0 Å². The first-order valence-electron chi connectivity index (χ1n) is 4.77. The Labute approximate surface area is 84.1 Å². The van der Waals surface area contributed by atoms with E-state index in [4.69, 9.17) is 4.74 Å². The Morgan fingerprint density at radius 3 is 2.43 bits per heavy atom. The summed E-state index contributed by atoms with van der Waals surface area (Å²) in [6, 6.07) is 0. The van der Waals surface area contributed by atoms with E-state index in [1.807, 2.05) is 6.92 Å². The number of amides is 1. The average molecular weight is 205 g/mol. The fraction of sp³-hybridized carbons (Fsp3) is 0.889. The normalized spacial score (nSPS) is 16.9. The number of hydrogen-bond donors (Lipinski definition) is 3. The molecule has 0 aliphatic carbocycles. The Morgan fingerprint density at radius 2 is 2.07 bits per heavy atom. The first-order valence-corrected chi connectivity index (χ1v) is 4.77. The van der Waals surface area contributed by atoms with Crippen LogP contribution in [-0.2, 0) is 4.74 Å². The number of alkyl carbamates (subject to hydrolysis) is 1. The number of rotatable bonds is 5. The van der Waals surface area contributed by atoms with Crippen LogP contribution < -0.4 is 5.32 Å². The van der Waals surface area contributed by atoms with E-state index in [0.29, 0.717) is 6.42 Å². The highest BCUT2D eigenvalue weighted by molar-refractivity contribution is 5.66. The largest absolute Gasteiger partial charge is 0.441 e. The molecule has 3 N–H and O–H groups in total. The molecule has 5 nitrogen and oxygen atoms in total. The molecule has 0 heterocycles. The van der Waals surface area contributed by atoms with Gasteiger partial charge in [0.1, 0.15) is 0 Å². The predicted molar refractivity (Wildman–Crippen MR) is 51.9 cm³/mol. The van der Waals surface area contributed by atoms with Gasteiger partial charge in [-0.15, -0.1) is 0 Å². The molecular formula is C9H19NO4. The van der Waals surface area contributed by atoms with E-state index in [1.165, 1.54) is 14.0 Å². The van der Waals surface area contributed by atoms with Gasteiger partial charge < -0.3 is 20.3 Å².